The van der Waals surface area contributed by atoms with Crippen molar-refractivity contribution in [1.29, 1.82) is 0 Å². The molecular weight excluding hydrogens is 326 g/mol. The van der Waals surface area contributed by atoms with E-state index in [0.717, 1.165) is 11.1 Å². The average Bonchev–Trinajstić information content (AvgIpc) is 3.11. The summed E-state index contributed by atoms with van der Waals surface area (Å²) in [4.78, 5) is 11.0. The van der Waals surface area contributed by atoms with E-state index in [9.17, 15) is 9.90 Å². The molecule has 1 aliphatic rings. The number of benzene rings is 2. The molecule has 0 spiro atoms. The number of hydrogen-bond donors (Lipinski definition) is 1. The van der Waals surface area contributed by atoms with E-state index in [1.54, 1.807) is 18.9 Å². The molecule has 2 atom stereocenters. The lowest BCUT2D eigenvalue weighted by Crippen LogP contribution is -2.90. The number of carbonyl (C=O) groups excluding carboxylic acids is 1. The fraction of sp³-hybridized carbons (Fsp3) is 0.278. The number of carboxylic acid groups (broad SMARTS) is 1. The maximum absolute atomic E-state index is 11.0. The summed E-state index contributed by atoms with van der Waals surface area (Å²) in [5.41, 5.74) is 2.08. The summed E-state index contributed by atoms with van der Waals surface area (Å²) in [5, 5.41) is 12.9. The van der Waals surface area contributed by atoms with E-state index >= 15 is 0 Å². The largest absolute Gasteiger partial charge is 0.544 e. The number of quaternary nitrogens is 1. The normalized spacial score (nSPS) is 19.9. The van der Waals surface area contributed by atoms with Crippen LogP contribution in [0.2, 0.25) is 0 Å². The van der Waals surface area contributed by atoms with Crippen LogP contribution >= 0.6 is 11.8 Å². The van der Waals surface area contributed by atoms with Crippen molar-refractivity contribution in [3.8, 4) is 11.5 Å². The van der Waals surface area contributed by atoms with Crippen LogP contribution in [0.5, 0.6) is 11.5 Å². The molecule has 2 N–H and O–H groups in total. The van der Waals surface area contributed by atoms with E-state index in [2.05, 4.69) is 0 Å². The summed E-state index contributed by atoms with van der Waals surface area (Å²) in [6, 6.07) is 15.1. The topological polar surface area (TPSA) is 75.2 Å². The number of methoxy groups -OCH3 is 1. The average molecular weight is 345 g/mol. The monoisotopic (exact) mass is 345 g/mol. The summed E-state index contributed by atoms with van der Waals surface area (Å²) in [7, 11) is 1.60. The van der Waals surface area contributed by atoms with Gasteiger partial charge in [0.2, 0.25) is 0 Å². The molecular formula is C18H19NO4S. The smallest absolute Gasteiger partial charge is 0.162 e. The zero-order chi connectivity index (χ0) is 16.9. The maximum atomic E-state index is 11.0. The molecule has 0 aromatic heterocycles. The van der Waals surface area contributed by atoms with Crippen molar-refractivity contribution >= 4 is 17.7 Å². The predicted octanol–water partition coefficient (Wildman–Crippen LogP) is 0.702. The minimum absolute atomic E-state index is 0.0258. The highest BCUT2D eigenvalue weighted by Crippen LogP contribution is 2.34. The van der Waals surface area contributed by atoms with Gasteiger partial charge in [-0.2, -0.15) is 0 Å². The van der Waals surface area contributed by atoms with E-state index in [0.29, 0.717) is 23.9 Å². The third-order valence-corrected chi connectivity index (χ3v) is 5.26. The summed E-state index contributed by atoms with van der Waals surface area (Å²) in [5.74, 6) is 0.845. The number of hydrogen-bond acceptors (Lipinski definition) is 5. The van der Waals surface area contributed by atoms with Crippen molar-refractivity contribution in [3.63, 3.8) is 0 Å². The lowest BCUT2D eigenvalue weighted by Gasteiger charge is -2.15. The quantitative estimate of drug-likeness (QED) is 0.834. The molecule has 5 nitrogen and oxygen atoms in total. The van der Waals surface area contributed by atoms with E-state index in [1.807, 2.05) is 53.8 Å². The first-order valence-corrected chi connectivity index (χ1v) is 8.74. The molecule has 3 rings (SSSR count). The van der Waals surface area contributed by atoms with Crippen molar-refractivity contribution in [2.75, 3.05) is 12.9 Å². The van der Waals surface area contributed by atoms with Gasteiger partial charge in [-0.1, -0.05) is 42.1 Å². The SMILES string of the molecule is COc1ccc([C@@H]2[NH2+][C@H](C(=O)[O-])CS2)cc1OCc1ccccc1. The Balaban J connectivity index is 1.74. The highest BCUT2D eigenvalue weighted by Gasteiger charge is 2.31. The van der Waals surface area contributed by atoms with Crippen LogP contribution in [0, 0.1) is 0 Å². The van der Waals surface area contributed by atoms with Gasteiger partial charge in [-0.15, -0.1) is 0 Å². The number of carbonyl (C=O) groups is 1. The van der Waals surface area contributed by atoms with Gasteiger partial charge in [0.15, 0.2) is 16.9 Å². The van der Waals surface area contributed by atoms with Crippen LogP contribution in [0.4, 0.5) is 0 Å². The van der Waals surface area contributed by atoms with Gasteiger partial charge in [0.25, 0.3) is 0 Å². The fourth-order valence-corrected chi connectivity index (χ4v) is 3.90. The summed E-state index contributed by atoms with van der Waals surface area (Å²) < 4.78 is 11.3. The molecule has 2 aromatic rings. The lowest BCUT2D eigenvalue weighted by atomic mass is 10.2. The number of thioether (sulfide) groups is 1. The van der Waals surface area contributed by atoms with Crippen molar-refractivity contribution in [2.24, 2.45) is 0 Å². The first-order chi connectivity index (χ1) is 11.7. The molecule has 0 amide bonds. The highest BCUT2D eigenvalue weighted by molar-refractivity contribution is 7.99. The zero-order valence-electron chi connectivity index (χ0n) is 13.3. The number of ether oxygens (including phenoxy) is 2. The molecule has 0 aliphatic carbocycles. The third kappa shape index (κ3) is 3.83. The van der Waals surface area contributed by atoms with Crippen molar-refractivity contribution in [2.45, 2.75) is 18.0 Å². The van der Waals surface area contributed by atoms with E-state index in [-0.39, 0.29) is 5.37 Å². The van der Waals surface area contributed by atoms with Gasteiger partial charge >= 0.3 is 0 Å². The number of carboxylic acids is 1. The van der Waals surface area contributed by atoms with Gasteiger partial charge in [0, 0.05) is 5.56 Å². The predicted molar refractivity (Wildman–Crippen MR) is 89.7 cm³/mol. The third-order valence-electron chi connectivity index (χ3n) is 3.92. The first kappa shape index (κ1) is 16.7. The Bertz CT molecular complexity index is 707. The number of aliphatic carboxylic acids is 1. The van der Waals surface area contributed by atoms with Gasteiger partial charge in [0.05, 0.1) is 12.9 Å². The van der Waals surface area contributed by atoms with Crippen LogP contribution in [0.1, 0.15) is 16.5 Å². The van der Waals surface area contributed by atoms with Gasteiger partial charge in [-0.25, -0.2) is 0 Å². The van der Waals surface area contributed by atoms with Gasteiger partial charge in [-0.3, -0.25) is 0 Å². The summed E-state index contributed by atoms with van der Waals surface area (Å²) >= 11 is 1.60. The summed E-state index contributed by atoms with van der Waals surface area (Å²) in [6.45, 7) is 0.448. The van der Waals surface area contributed by atoms with E-state index in [1.165, 1.54) is 0 Å². The van der Waals surface area contributed by atoms with Crippen LogP contribution in [0.3, 0.4) is 0 Å². The molecule has 24 heavy (non-hydrogen) atoms. The van der Waals surface area contributed by atoms with Crippen molar-refractivity contribution < 1.29 is 24.7 Å². The Kier molecular flexibility index (Phi) is 5.27. The molecule has 0 bridgehead atoms. The molecule has 1 heterocycles. The second kappa shape index (κ2) is 7.59. The van der Waals surface area contributed by atoms with E-state index in [4.69, 9.17) is 9.47 Å². The Morgan fingerprint density at radius 3 is 2.71 bits per heavy atom. The van der Waals surface area contributed by atoms with Crippen LogP contribution in [-0.4, -0.2) is 24.9 Å². The molecule has 1 aliphatic heterocycles. The van der Waals surface area contributed by atoms with E-state index < -0.39 is 12.0 Å². The molecule has 2 aromatic carbocycles. The molecule has 0 unspecified atom stereocenters. The Labute approximate surface area is 145 Å². The molecule has 126 valence electrons. The number of nitrogens with two attached hydrogens (primary N) is 1. The standard InChI is InChI=1S/C18H19NO4S/c1-22-15-8-7-13(17-19-14(11-24-17)18(20)21)9-16(15)23-10-12-5-3-2-4-6-12/h2-9,14,17,19H,10-11H2,1H3,(H,20,21)/t14-,17+/m0/s1. The minimum Gasteiger partial charge on any atom is -0.544 e. The van der Waals surface area contributed by atoms with Gasteiger partial charge in [0.1, 0.15) is 18.6 Å². The van der Waals surface area contributed by atoms with Gasteiger partial charge in [-0.05, 0) is 23.8 Å². The molecule has 0 saturated carbocycles. The minimum atomic E-state index is -1.01. The van der Waals surface area contributed by atoms with Crippen LogP contribution < -0.4 is 19.9 Å². The zero-order valence-corrected chi connectivity index (χ0v) is 14.1. The van der Waals surface area contributed by atoms with Crippen LogP contribution in [0.25, 0.3) is 0 Å². The molecule has 1 saturated heterocycles. The molecule has 0 radical (unpaired) electrons. The number of rotatable bonds is 6. The fourth-order valence-electron chi connectivity index (χ4n) is 2.60. The Morgan fingerprint density at radius 1 is 1.25 bits per heavy atom. The van der Waals surface area contributed by atoms with Crippen molar-refractivity contribution in [3.05, 3.63) is 59.7 Å². The van der Waals surface area contributed by atoms with Gasteiger partial charge < -0.3 is 24.7 Å². The molecule has 6 heteroatoms. The first-order valence-electron chi connectivity index (χ1n) is 7.69. The van der Waals surface area contributed by atoms with Crippen molar-refractivity contribution in [1.82, 2.24) is 0 Å². The summed E-state index contributed by atoms with van der Waals surface area (Å²) in [6.07, 6.45) is 0. The lowest BCUT2D eigenvalue weighted by molar-refractivity contribution is -0.690. The van der Waals surface area contributed by atoms with Crippen LogP contribution in [0.15, 0.2) is 48.5 Å². The maximum Gasteiger partial charge on any atom is 0.162 e. The Hall–Kier alpha value is -2.18. The van der Waals surface area contributed by atoms with Crippen LogP contribution in [-0.2, 0) is 11.4 Å². The second-order valence-electron chi connectivity index (χ2n) is 5.56. The molecule has 1 fully saturated rings. The Morgan fingerprint density at radius 2 is 2.04 bits per heavy atom. The highest BCUT2D eigenvalue weighted by atomic mass is 32.2. The second-order valence-corrected chi connectivity index (χ2v) is 6.73.